The highest BCUT2D eigenvalue weighted by Gasteiger charge is 2.34. The first-order valence-electron chi connectivity index (χ1n) is 6.00. The van der Waals surface area contributed by atoms with Crippen LogP contribution in [0.5, 0.6) is 0 Å². The number of nitrogens with one attached hydrogen (secondary N) is 1. The largest absolute Gasteiger partial charge is 0.365 e. The maximum Gasteiger partial charge on any atom is 0.0965 e. The van der Waals surface area contributed by atoms with Crippen molar-refractivity contribution in [2.45, 2.75) is 38.9 Å². The van der Waals surface area contributed by atoms with E-state index in [4.69, 9.17) is 4.74 Å². The van der Waals surface area contributed by atoms with Crippen molar-refractivity contribution < 1.29 is 4.74 Å². The lowest BCUT2D eigenvalue weighted by atomic mass is 9.92. The second kappa shape index (κ2) is 4.86. The number of rotatable bonds is 3. The number of morpholine rings is 1. The molecule has 0 radical (unpaired) electrons. The van der Waals surface area contributed by atoms with Crippen LogP contribution in [0.25, 0.3) is 0 Å². The van der Waals surface area contributed by atoms with E-state index in [0.717, 1.165) is 19.5 Å². The van der Waals surface area contributed by atoms with Crippen molar-refractivity contribution in [3.8, 4) is 0 Å². The van der Waals surface area contributed by atoms with Crippen LogP contribution in [-0.2, 0) is 4.74 Å². The van der Waals surface area contributed by atoms with E-state index in [9.17, 15) is 0 Å². The third kappa shape index (κ3) is 2.84. The summed E-state index contributed by atoms with van der Waals surface area (Å²) in [7, 11) is 0. The van der Waals surface area contributed by atoms with Crippen LogP contribution in [0, 0.1) is 5.92 Å². The van der Waals surface area contributed by atoms with Gasteiger partial charge in [-0.2, -0.15) is 11.3 Å². The molecule has 1 aromatic rings. The van der Waals surface area contributed by atoms with E-state index in [2.05, 4.69) is 42.9 Å². The molecule has 0 aromatic carbocycles. The van der Waals surface area contributed by atoms with Crippen LogP contribution in [0.4, 0.5) is 0 Å². The van der Waals surface area contributed by atoms with Gasteiger partial charge in [0.25, 0.3) is 0 Å². The summed E-state index contributed by atoms with van der Waals surface area (Å²) in [4.78, 5) is 0. The zero-order valence-electron chi connectivity index (χ0n) is 10.3. The van der Waals surface area contributed by atoms with Gasteiger partial charge in [0.2, 0.25) is 0 Å². The Hall–Kier alpha value is -0.380. The molecule has 1 aliphatic rings. The minimum Gasteiger partial charge on any atom is -0.365 e. The average molecular weight is 239 g/mol. The Labute approximate surface area is 102 Å². The second-order valence-electron chi connectivity index (χ2n) is 5.34. The van der Waals surface area contributed by atoms with Crippen LogP contribution in [0.2, 0.25) is 0 Å². The zero-order chi connectivity index (χ0) is 11.6. The fraction of sp³-hybridized carbons (Fsp3) is 0.692. The molecule has 2 nitrogen and oxygen atoms in total. The van der Waals surface area contributed by atoms with Crippen molar-refractivity contribution in [1.29, 1.82) is 0 Å². The summed E-state index contributed by atoms with van der Waals surface area (Å²) in [6, 6.07) is 2.16. The Balaban J connectivity index is 2.04. The normalized spacial score (nSPS) is 30.9. The van der Waals surface area contributed by atoms with E-state index in [1.165, 1.54) is 5.56 Å². The molecular formula is C13H21NOS. The second-order valence-corrected chi connectivity index (χ2v) is 6.12. The van der Waals surface area contributed by atoms with Crippen LogP contribution in [-0.4, -0.2) is 18.7 Å². The fourth-order valence-corrected chi connectivity index (χ4v) is 3.22. The van der Waals surface area contributed by atoms with Crippen LogP contribution in [0.15, 0.2) is 16.8 Å². The van der Waals surface area contributed by atoms with Gasteiger partial charge in [0, 0.05) is 13.1 Å². The van der Waals surface area contributed by atoms with E-state index >= 15 is 0 Å². The van der Waals surface area contributed by atoms with Crippen LogP contribution in [0.1, 0.15) is 38.9 Å². The molecule has 16 heavy (non-hydrogen) atoms. The molecule has 3 heteroatoms. The zero-order valence-corrected chi connectivity index (χ0v) is 11.1. The molecule has 1 aromatic heterocycles. The molecule has 90 valence electrons. The molecule has 2 unspecified atom stereocenters. The molecule has 0 bridgehead atoms. The van der Waals surface area contributed by atoms with Gasteiger partial charge in [-0.1, -0.05) is 13.8 Å². The Morgan fingerprint density at radius 2 is 2.44 bits per heavy atom. The summed E-state index contributed by atoms with van der Waals surface area (Å²) in [6.07, 6.45) is 1.34. The standard InChI is InChI=1S/C13H21NOS/c1-10(2)6-13(3)9-14-7-12(15-13)11-4-5-16-8-11/h4-5,8,10,12,14H,6-7,9H2,1-3H3. The molecule has 1 aliphatic heterocycles. The Morgan fingerprint density at radius 3 is 3.06 bits per heavy atom. The Morgan fingerprint density at radius 1 is 1.62 bits per heavy atom. The summed E-state index contributed by atoms with van der Waals surface area (Å²) in [6.45, 7) is 8.63. The molecule has 0 saturated carbocycles. The summed E-state index contributed by atoms with van der Waals surface area (Å²) in [5.74, 6) is 0.674. The van der Waals surface area contributed by atoms with Crippen LogP contribution >= 0.6 is 11.3 Å². The Kier molecular flexibility index (Phi) is 3.67. The van der Waals surface area contributed by atoms with E-state index < -0.39 is 0 Å². The topological polar surface area (TPSA) is 21.3 Å². The summed E-state index contributed by atoms with van der Waals surface area (Å²) in [5, 5.41) is 7.80. The molecule has 2 heterocycles. The third-order valence-electron chi connectivity index (χ3n) is 3.01. The number of thiophene rings is 1. The lowest BCUT2D eigenvalue weighted by Crippen LogP contribution is -2.49. The number of hydrogen-bond donors (Lipinski definition) is 1. The maximum absolute atomic E-state index is 6.27. The van der Waals surface area contributed by atoms with Gasteiger partial charge in [-0.3, -0.25) is 0 Å². The summed E-state index contributed by atoms with van der Waals surface area (Å²) in [5.41, 5.74) is 1.30. The molecular weight excluding hydrogens is 218 g/mol. The molecule has 0 amide bonds. The van der Waals surface area contributed by atoms with Crippen molar-refractivity contribution in [3.63, 3.8) is 0 Å². The lowest BCUT2D eigenvalue weighted by molar-refractivity contribution is -0.116. The van der Waals surface area contributed by atoms with Gasteiger partial charge >= 0.3 is 0 Å². The van der Waals surface area contributed by atoms with E-state index in [-0.39, 0.29) is 11.7 Å². The van der Waals surface area contributed by atoms with Crippen molar-refractivity contribution in [2.75, 3.05) is 13.1 Å². The Bertz CT molecular complexity index is 323. The van der Waals surface area contributed by atoms with E-state index in [1.54, 1.807) is 11.3 Å². The first kappa shape index (κ1) is 12.1. The van der Waals surface area contributed by atoms with Crippen molar-refractivity contribution in [3.05, 3.63) is 22.4 Å². The lowest BCUT2D eigenvalue weighted by Gasteiger charge is -2.40. The molecule has 0 spiro atoms. The van der Waals surface area contributed by atoms with Crippen molar-refractivity contribution in [1.82, 2.24) is 5.32 Å². The quantitative estimate of drug-likeness (QED) is 0.874. The van der Waals surface area contributed by atoms with Crippen LogP contribution in [0.3, 0.4) is 0 Å². The molecule has 2 atom stereocenters. The smallest absolute Gasteiger partial charge is 0.0965 e. The van der Waals surface area contributed by atoms with Crippen LogP contribution < -0.4 is 5.32 Å². The first-order chi connectivity index (χ1) is 7.59. The highest BCUT2D eigenvalue weighted by molar-refractivity contribution is 7.07. The number of hydrogen-bond acceptors (Lipinski definition) is 3. The first-order valence-corrected chi connectivity index (χ1v) is 6.94. The van der Waals surface area contributed by atoms with Gasteiger partial charge in [0.1, 0.15) is 0 Å². The molecule has 1 fully saturated rings. The maximum atomic E-state index is 6.27. The van der Waals surface area contributed by atoms with Gasteiger partial charge in [-0.25, -0.2) is 0 Å². The average Bonchev–Trinajstić information content (AvgIpc) is 2.68. The minimum atomic E-state index is -0.0149. The SMILES string of the molecule is CC(C)CC1(C)CNCC(c2ccsc2)O1. The molecule has 2 rings (SSSR count). The van der Waals surface area contributed by atoms with E-state index in [1.807, 2.05) is 0 Å². The van der Waals surface area contributed by atoms with Gasteiger partial charge in [0.15, 0.2) is 0 Å². The predicted octanol–water partition coefficient (Wildman–Crippen LogP) is 3.21. The van der Waals surface area contributed by atoms with Gasteiger partial charge in [-0.15, -0.1) is 0 Å². The van der Waals surface area contributed by atoms with Gasteiger partial charge in [-0.05, 0) is 41.7 Å². The van der Waals surface area contributed by atoms with Crippen molar-refractivity contribution in [2.24, 2.45) is 5.92 Å². The predicted molar refractivity (Wildman–Crippen MR) is 68.9 cm³/mol. The molecule has 0 aliphatic carbocycles. The molecule has 1 N–H and O–H groups in total. The highest BCUT2D eigenvalue weighted by atomic mass is 32.1. The monoisotopic (exact) mass is 239 g/mol. The minimum absolute atomic E-state index is 0.0149. The highest BCUT2D eigenvalue weighted by Crippen LogP contribution is 2.32. The van der Waals surface area contributed by atoms with Gasteiger partial charge < -0.3 is 10.1 Å². The molecule has 1 saturated heterocycles. The summed E-state index contributed by atoms with van der Waals surface area (Å²) < 4.78 is 6.27. The van der Waals surface area contributed by atoms with Crippen molar-refractivity contribution >= 4 is 11.3 Å². The fourth-order valence-electron chi connectivity index (χ4n) is 2.52. The van der Waals surface area contributed by atoms with Gasteiger partial charge in [0.05, 0.1) is 11.7 Å². The van der Waals surface area contributed by atoms with E-state index in [0.29, 0.717) is 5.92 Å². The summed E-state index contributed by atoms with van der Waals surface area (Å²) >= 11 is 1.74. The number of ether oxygens (including phenoxy) is 1. The third-order valence-corrected chi connectivity index (χ3v) is 3.71.